The van der Waals surface area contributed by atoms with Crippen LogP contribution in [0, 0.1) is 0 Å². The second kappa shape index (κ2) is 4.55. The highest BCUT2D eigenvalue weighted by Gasteiger charge is 2.33. The molecule has 6 heteroatoms. The number of nitrogens with one attached hydrogen (secondary N) is 1. The Hall–Kier alpha value is -1.26. The number of nitrogens with zero attached hydrogens (tertiary/aromatic N) is 1. The van der Waals surface area contributed by atoms with E-state index in [0.29, 0.717) is 15.7 Å². The van der Waals surface area contributed by atoms with E-state index in [-0.39, 0.29) is 18.4 Å². The lowest BCUT2D eigenvalue weighted by molar-refractivity contribution is -0.130. The molecule has 4 nitrogen and oxygen atoms in total. The molecule has 17 heavy (non-hydrogen) atoms. The first-order valence-electron chi connectivity index (χ1n) is 5.05. The molecule has 0 bridgehead atoms. The van der Waals surface area contributed by atoms with Gasteiger partial charge in [0, 0.05) is 5.02 Å². The Balaban J connectivity index is 2.46. The standard InChI is InChI=1S/C11H10Cl2N2O2/c1-6-11(17)14-5-10(16)15(6)9-4-7(12)2-3-8(9)13/h2-4,6H,5H2,1H3,(H,14,17). The fraction of sp³-hybridized carbons (Fsp3) is 0.273. The molecule has 1 saturated heterocycles. The zero-order valence-electron chi connectivity index (χ0n) is 9.04. The highest BCUT2D eigenvalue weighted by molar-refractivity contribution is 6.36. The van der Waals surface area contributed by atoms with Gasteiger partial charge in [0.25, 0.3) is 0 Å². The van der Waals surface area contributed by atoms with Gasteiger partial charge in [0.1, 0.15) is 6.04 Å². The van der Waals surface area contributed by atoms with Crippen LogP contribution in [0.5, 0.6) is 0 Å². The quantitative estimate of drug-likeness (QED) is 0.848. The van der Waals surface area contributed by atoms with Gasteiger partial charge in [0.05, 0.1) is 17.3 Å². The van der Waals surface area contributed by atoms with Crippen molar-refractivity contribution in [3.63, 3.8) is 0 Å². The number of rotatable bonds is 1. The third kappa shape index (κ3) is 2.23. The molecule has 1 aromatic carbocycles. The molecule has 2 amide bonds. The number of carbonyl (C=O) groups excluding carboxylic acids is 2. The van der Waals surface area contributed by atoms with E-state index in [1.165, 1.54) is 4.90 Å². The lowest BCUT2D eigenvalue weighted by Crippen LogP contribution is -2.57. The first kappa shape index (κ1) is 12.2. The fourth-order valence-corrected chi connectivity index (χ4v) is 2.12. The van der Waals surface area contributed by atoms with Crippen LogP contribution >= 0.6 is 23.2 Å². The van der Waals surface area contributed by atoms with Crippen LogP contribution < -0.4 is 10.2 Å². The molecule has 1 aromatic rings. The minimum Gasteiger partial charge on any atom is -0.345 e. The summed E-state index contributed by atoms with van der Waals surface area (Å²) in [4.78, 5) is 24.7. The molecule has 1 heterocycles. The maximum Gasteiger partial charge on any atom is 0.247 e. The zero-order chi connectivity index (χ0) is 12.6. The zero-order valence-corrected chi connectivity index (χ0v) is 10.5. The van der Waals surface area contributed by atoms with Crippen molar-refractivity contribution in [3.05, 3.63) is 28.2 Å². The molecule has 0 spiro atoms. The fourth-order valence-electron chi connectivity index (χ4n) is 1.74. The van der Waals surface area contributed by atoms with Crippen molar-refractivity contribution in [2.75, 3.05) is 11.4 Å². The first-order chi connectivity index (χ1) is 8.00. The molecule has 2 rings (SSSR count). The number of benzene rings is 1. The van der Waals surface area contributed by atoms with E-state index in [4.69, 9.17) is 23.2 Å². The summed E-state index contributed by atoms with van der Waals surface area (Å²) in [5.74, 6) is -0.415. The second-order valence-electron chi connectivity index (χ2n) is 3.75. The summed E-state index contributed by atoms with van der Waals surface area (Å²) < 4.78 is 0. The summed E-state index contributed by atoms with van der Waals surface area (Å²) in [5, 5.41) is 3.37. The van der Waals surface area contributed by atoms with Gasteiger partial charge in [-0.25, -0.2) is 0 Å². The van der Waals surface area contributed by atoms with Gasteiger partial charge < -0.3 is 5.32 Å². The van der Waals surface area contributed by atoms with E-state index in [1.807, 2.05) is 0 Å². The Bertz CT molecular complexity index is 490. The van der Waals surface area contributed by atoms with Crippen LogP contribution in [0.4, 0.5) is 5.69 Å². The van der Waals surface area contributed by atoms with Crippen LogP contribution in [-0.2, 0) is 9.59 Å². The van der Waals surface area contributed by atoms with E-state index in [1.54, 1.807) is 25.1 Å². The van der Waals surface area contributed by atoms with Gasteiger partial charge in [-0.3, -0.25) is 14.5 Å². The van der Waals surface area contributed by atoms with E-state index < -0.39 is 6.04 Å². The Morgan fingerprint density at radius 3 is 2.76 bits per heavy atom. The summed E-state index contributed by atoms with van der Waals surface area (Å²) in [6.07, 6.45) is 0. The molecular weight excluding hydrogens is 263 g/mol. The van der Waals surface area contributed by atoms with Gasteiger partial charge in [0.15, 0.2) is 0 Å². The highest BCUT2D eigenvalue weighted by atomic mass is 35.5. The van der Waals surface area contributed by atoms with E-state index in [0.717, 1.165) is 0 Å². The summed E-state index contributed by atoms with van der Waals surface area (Å²) in [6, 6.07) is 4.22. The number of hydrogen-bond acceptors (Lipinski definition) is 2. The molecule has 1 atom stereocenters. The van der Waals surface area contributed by atoms with Crippen LogP contribution in [0.1, 0.15) is 6.92 Å². The molecule has 90 valence electrons. The maximum absolute atomic E-state index is 11.8. The van der Waals surface area contributed by atoms with Gasteiger partial charge >= 0.3 is 0 Å². The van der Waals surface area contributed by atoms with Gasteiger partial charge in [-0.2, -0.15) is 0 Å². The van der Waals surface area contributed by atoms with Crippen molar-refractivity contribution in [1.29, 1.82) is 0 Å². The average Bonchev–Trinajstić information content (AvgIpc) is 2.29. The van der Waals surface area contributed by atoms with Gasteiger partial charge in [-0.1, -0.05) is 23.2 Å². The van der Waals surface area contributed by atoms with Crippen molar-refractivity contribution in [2.45, 2.75) is 13.0 Å². The van der Waals surface area contributed by atoms with Gasteiger partial charge in [-0.15, -0.1) is 0 Å². The van der Waals surface area contributed by atoms with Crippen molar-refractivity contribution in [3.8, 4) is 0 Å². The molecule has 1 fully saturated rings. The summed E-state index contributed by atoms with van der Waals surface area (Å²) in [5.41, 5.74) is 0.464. The van der Waals surface area contributed by atoms with Crippen molar-refractivity contribution >= 4 is 40.7 Å². The summed E-state index contributed by atoms with van der Waals surface area (Å²) in [6.45, 7) is 1.62. The van der Waals surface area contributed by atoms with Gasteiger partial charge in [0.2, 0.25) is 11.8 Å². The summed E-state index contributed by atoms with van der Waals surface area (Å²) in [7, 11) is 0. The minimum absolute atomic E-state index is 0.0218. The number of carbonyl (C=O) groups is 2. The van der Waals surface area contributed by atoms with Gasteiger partial charge in [-0.05, 0) is 25.1 Å². The highest BCUT2D eigenvalue weighted by Crippen LogP contribution is 2.31. The molecule has 0 aliphatic carbocycles. The van der Waals surface area contributed by atoms with Crippen LogP contribution in [0.25, 0.3) is 0 Å². The number of piperazine rings is 1. The van der Waals surface area contributed by atoms with Crippen molar-refractivity contribution < 1.29 is 9.59 Å². The Morgan fingerprint density at radius 2 is 2.06 bits per heavy atom. The number of halogens is 2. The maximum atomic E-state index is 11.8. The molecule has 0 radical (unpaired) electrons. The lowest BCUT2D eigenvalue weighted by atomic mass is 10.1. The normalized spacial score (nSPS) is 20.4. The monoisotopic (exact) mass is 272 g/mol. The topological polar surface area (TPSA) is 49.4 Å². The van der Waals surface area contributed by atoms with E-state index in [9.17, 15) is 9.59 Å². The third-order valence-electron chi connectivity index (χ3n) is 2.62. The van der Waals surface area contributed by atoms with Crippen molar-refractivity contribution in [1.82, 2.24) is 5.32 Å². The third-order valence-corrected chi connectivity index (χ3v) is 3.17. The first-order valence-corrected chi connectivity index (χ1v) is 5.81. The van der Waals surface area contributed by atoms with Crippen LogP contribution in [0.2, 0.25) is 10.0 Å². The Kier molecular flexibility index (Phi) is 3.26. The molecule has 1 N–H and O–H groups in total. The van der Waals surface area contributed by atoms with E-state index in [2.05, 4.69) is 5.32 Å². The van der Waals surface area contributed by atoms with Crippen LogP contribution in [0.15, 0.2) is 18.2 Å². The molecule has 1 aliphatic heterocycles. The Morgan fingerprint density at radius 1 is 1.35 bits per heavy atom. The molecule has 1 aliphatic rings. The molecule has 0 saturated carbocycles. The molecule has 1 unspecified atom stereocenters. The number of anilines is 1. The molecular formula is C11H10Cl2N2O2. The predicted octanol–water partition coefficient (Wildman–Crippen LogP) is 1.84. The predicted molar refractivity (Wildman–Crippen MR) is 66.4 cm³/mol. The van der Waals surface area contributed by atoms with Crippen LogP contribution in [-0.4, -0.2) is 24.4 Å². The smallest absolute Gasteiger partial charge is 0.247 e. The van der Waals surface area contributed by atoms with Crippen molar-refractivity contribution in [2.24, 2.45) is 0 Å². The van der Waals surface area contributed by atoms with E-state index >= 15 is 0 Å². The number of hydrogen-bond donors (Lipinski definition) is 1. The van der Waals surface area contributed by atoms with Crippen LogP contribution in [0.3, 0.4) is 0 Å². The minimum atomic E-state index is -0.591. The summed E-state index contributed by atoms with van der Waals surface area (Å²) >= 11 is 11.9. The average molecular weight is 273 g/mol. The second-order valence-corrected chi connectivity index (χ2v) is 4.60. The number of amides is 2. The Labute approximate surface area is 108 Å². The largest absolute Gasteiger partial charge is 0.345 e. The lowest BCUT2D eigenvalue weighted by Gasteiger charge is -2.33. The SMILES string of the molecule is CC1C(=O)NCC(=O)N1c1cc(Cl)ccc1Cl. The molecule has 0 aromatic heterocycles.